The van der Waals surface area contributed by atoms with Crippen LogP contribution in [-0.2, 0) is 24.2 Å². The van der Waals surface area contributed by atoms with Gasteiger partial charge in [0.05, 0.1) is 28.6 Å². The molecular weight excluding hydrogens is 318 g/mol. The third-order valence-electron chi connectivity index (χ3n) is 3.92. The van der Waals surface area contributed by atoms with Crippen LogP contribution in [0.4, 0.5) is 0 Å². The van der Waals surface area contributed by atoms with Crippen molar-refractivity contribution in [1.29, 1.82) is 0 Å². The van der Waals surface area contributed by atoms with Gasteiger partial charge in [-0.1, -0.05) is 19.8 Å². The first kappa shape index (κ1) is 16.0. The molecule has 0 spiro atoms. The molecule has 1 fully saturated rings. The summed E-state index contributed by atoms with van der Waals surface area (Å²) in [7, 11) is 0. The highest BCUT2D eigenvalue weighted by molar-refractivity contribution is 9.10. The summed E-state index contributed by atoms with van der Waals surface area (Å²) in [4.78, 5) is 0. The van der Waals surface area contributed by atoms with Gasteiger partial charge in [0.1, 0.15) is 0 Å². The van der Waals surface area contributed by atoms with Crippen LogP contribution in [0.5, 0.6) is 0 Å². The van der Waals surface area contributed by atoms with Gasteiger partial charge in [0, 0.05) is 19.6 Å². The molecule has 20 heavy (non-hydrogen) atoms. The van der Waals surface area contributed by atoms with E-state index in [-0.39, 0.29) is 0 Å². The van der Waals surface area contributed by atoms with E-state index in [2.05, 4.69) is 44.9 Å². The van der Waals surface area contributed by atoms with Crippen LogP contribution in [0, 0.1) is 0 Å². The van der Waals surface area contributed by atoms with Gasteiger partial charge in [0.15, 0.2) is 0 Å². The Hall–Kier alpha value is -0.390. The van der Waals surface area contributed by atoms with Gasteiger partial charge in [0.2, 0.25) is 0 Å². The molecule has 0 saturated heterocycles. The number of aryl methyl sites for hydroxylation is 2. The largest absolute Gasteiger partial charge is 0.377 e. The van der Waals surface area contributed by atoms with Crippen molar-refractivity contribution < 1.29 is 4.74 Å². The Kier molecular flexibility index (Phi) is 6.52. The predicted octanol–water partition coefficient (Wildman–Crippen LogP) is 3.28. The summed E-state index contributed by atoms with van der Waals surface area (Å²) in [6, 6.07) is 0. The Morgan fingerprint density at radius 1 is 1.35 bits per heavy atom. The summed E-state index contributed by atoms with van der Waals surface area (Å²) in [5, 5.41) is 8.07. The molecule has 4 nitrogen and oxygen atoms in total. The van der Waals surface area contributed by atoms with Crippen LogP contribution in [-0.4, -0.2) is 29.0 Å². The fourth-order valence-corrected chi connectivity index (χ4v) is 3.45. The maximum Gasteiger partial charge on any atom is 0.0767 e. The van der Waals surface area contributed by atoms with Crippen LogP contribution in [0.2, 0.25) is 0 Å². The van der Waals surface area contributed by atoms with Crippen molar-refractivity contribution in [2.75, 3.05) is 13.2 Å². The Bertz CT molecular complexity index is 413. The van der Waals surface area contributed by atoms with E-state index in [9.17, 15) is 0 Å². The standard InChI is InChI=1S/C15H26BrN3O/c1-3-13-15(16)14(19(4-2)18-13)11-17-9-10-20-12-7-5-6-8-12/h12,17H,3-11H2,1-2H3. The zero-order valence-corrected chi connectivity index (χ0v) is 14.2. The second-order valence-corrected chi connectivity index (χ2v) is 6.12. The highest BCUT2D eigenvalue weighted by atomic mass is 79.9. The summed E-state index contributed by atoms with van der Waals surface area (Å²) in [5.74, 6) is 0. The van der Waals surface area contributed by atoms with Crippen molar-refractivity contribution in [3.05, 3.63) is 15.9 Å². The zero-order chi connectivity index (χ0) is 14.4. The third kappa shape index (κ3) is 4.06. The number of hydrogen-bond acceptors (Lipinski definition) is 3. The second-order valence-electron chi connectivity index (χ2n) is 5.33. The van der Waals surface area contributed by atoms with Crippen molar-refractivity contribution in [3.63, 3.8) is 0 Å². The number of rotatable bonds is 8. The molecule has 1 heterocycles. The van der Waals surface area contributed by atoms with E-state index in [4.69, 9.17) is 4.74 Å². The van der Waals surface area contributed by atoms with Gasteiger partial charge in [-0.25, -0.2) is 0 Å². The maximum absolute atomic E-state index is 5.86. The molecule has 0 unspecified atom stereocenters. The summed E-state index contributed by atoms with van der Waals surface area (Å²) < 4.78 is 9.09. The van der Waals surface area contributed by atoms with E-state index >= 15 is 0 Å². The number of halogens is 1. The van der Waals surface area contributed by atoms with Gasteiger partial charge in [-0.05, 0) is 42.1 Å². The minimum atomic E-state index is 0.511. The number of ether oxygens (including phenoxy) is 1. The lowest BCUT2D eigenvalue weighted by Crippen LogP contribution is -2.23. The van der Waals surface area contributed by atoms with Gasteiger partial charge in [-0.2, -0.15) is 5.10 Å². The molecule has 1 aromatic heterocycles. The monoisotopic (exact) mass is 343 g/mol. The molecule has 1 saturated carbocycles. The lowest BCUT2D eigenvalue weighted by Gasteiger charge is -2.12. The zero-order valence-electron chi connectivity index (χ0n) is 12.6. The maximum atomic E-state index is 5.86. The number of nitrogens with zero attached hydrogens (tertiary/aromatic N) is 2. The summed E-state index contributed by atoms with van der Waals surface area (Å²) in [5.41, 5.74) is 2.39. The quantitative estimate of drug-likeness (QED) is 0.736. The predicted molar refractivity (Wildman–Crippen MR) is 84.9 cm³/mol. The molecule has 0 aromatic carbocycles. The van der Waals surface area contributed by atoms with Crippen molar-refractivity contribution in [2.24, 2.45) is 0 Å². The van der Waals surface area contributed by atoms with E-state index in [1.165, 1.54) is 31.4 Å². The number of hydrogen-bond donors (Lipinski definition) is 1. The summed E-state index contributed by atoms with van der Waals surface area (Å²) in [6.07, 6.45) is 6.63. The van der Waals surface area contributed by atoms with Crippen LogP contribution in [0.25, 0.3) is 0 Å². The Labute approximate surface area is 130 Å². The molecule has 0 bridgehead atoms. The van der Waals surface area contributed by atoms with Crippen LogP contribution in [0.3, 0.4) is 0 Å². The molecule has 5 heteroatoms. The van der Waals surface area contributed by atoms with Crippen LogP contribution in [0.1, 0.15) is 50.9 Å². The summed E-state index contributed by atoms with van der Waals surface area (Å²) >= 11 is 3.67. The fourth-order valence-electron chi connectivity index (χ4n) is 2.75. The topological polar surface area (TPSA) is 39.1 Å². The normalized spacial score (nSPS) is 16.1. The van der Waals surface area contributed by atoms with E-state index in [0.29, 0.717) is 6.10 Å². The minimum Gasteiger partial charge on any atom is -0.377 e. The number of aromatic nitrogens is 2. The molecule has 0 atom stereocenters. The van der Waals surface area contributed by atoms with E-state index in [1.54, 1.807) is 0 Å². The fraction of sp³-hybridized carbons (Fsp3) is 0.800. The van der Waals surface area contributed by atoms with Gasteiger partial charge in [-0.3, -0.25) is 4.68 Å². The van der Waals surface area contributed by atoms with Gasteiger partial charge < -0.3 is 10.1 Å². The molecule has 1 aliphatic rings. The van der Waals surface area contributed by atoms with Gasteiger partial charge in [-0.15, -0.1) is 0 Å². The average molecular weight is 344 g/mol. The SMILES string of the molecule is CCc1nn(CC)c(CNCCOC2CCCC2)c1Br. The van der Waals surface area contributed by atoms with E-state index in [0.717, 1.165) is 42.8 Å². The molecule has 0 amide bonds. The Morgan fingerprint density at radius 3 is 2.75 bits per heavy atom. The van der Waals surface area contributed by atoms with Crippen molar-refractivity contribution in [2.45, 2.75) is 65.1 Å². The molecule has 0 radical (unpaired) electrons. The van der Waals surface area contributed by atoms with Crippen molar-refractivity contribution >= 4 is 15.9 Å². The molecule has 1 aromatic rings. The van der Waals surface area contributed by atoms with Crippen LogP contribution in [0.15, 0.2) is 4.47 Å². The highest BCUT2D eigenvalue weighted by Gasteiger charge is 2.15. The molecule has 0 aliphatic heterocycles. The van der Waals surface area contributed by atoms with Crippen LogP contribution >= 0.6 is 15.9 Å². The van der Waals surface area contributed by atoms with Crippen molar-refractivity contribution in [1.82, 2.24) is 15.1 Å². The lowest BCUT2D eigenvalue weighted by atomic mass is 10.3. The van der Waals surface area contributed by atoms with Crippen molar-refractivity contribution in [3.8, 4) is 0 Å². The molecule has 2 rings (SSSR count). The average Bonchev–Trinajstić information content (AvgIpc) is 3.07. The van der Waals surface area contributed by atoms with E-state index < -0.39 is 0 Å². The first-order chi connectivity index (χ1) is 9.76. The minimum absolute atomic E-state index is 0.511. The Balaban J connectivity index is 1.74. The molecule has 1 N–H and O–H groups in total. The van der Waals surface area contributed by atoms with Crippen LogP contribution < -0.4 is 5.32 Å². The number of nitrogens with one attached hydrogen (secondary N) is 1. The molecular formula is C15H26BrN3O. The van der Waals surface area contributed by atoms with E-state index in [1.807, 2.05) is 0 Å². The smallest absolute Gasteiger partial charge is 0.0767 e. The first-order valence-corrected chi connectivity index (χ1v) is 8.61. The second kappa shape index (κ2) is 8.15. The lowest BCUT2D eigenvalue weighted by molar-refractivity contribution is 0.0602. The van der Waals surface area contributed by atoms with Gasteiger partial charge in [0.25, 0.3) is 0 Å². The molecule has 114 valence electrons. The highest BCUT2D eigenvalue weighted by Crippen LogP contribution is 2.22. The van der Waals surface area contributed by atoms with Gasteiger partial charge >= 0.3 is 0 Å². The summed E-state index contributed by atoms with van der Waals surface area (Å²) in [6.45, 7) is 7.73. The first-order valence-electron chi connectivity index (χ1n) is 7.82. The Morgan fingerprint density at radius 2 is 2.10 bits per heavy atom. The third-order valence-corrected chi connectivity index (χ3v) is 4.84. The molecule has 1 aliphatic carbocycles.